The van der Waals surface area contributed by atoms with E-state index in [2.05, 4.69) is 41.9 Å². The minimum Gasteiger partial charge on any atom is -0.492 e. The third-order valence-electron chi connectivity index (χ3n) is 3.99. The monoisotopic (exact) mass is 525 g/mol. The minimum atomic E-state index is -0.218. The summed E-state index contributed by atoms with van der Waals surface area (Å²) < 4.78 is 8.59. The Morgan fingerprint density at radius 3 is 2.75 bits per heavy atom. The minimum absolute atomic E-state index is 0.218. The van der Waals surface area contributed by atoms with Gasteiger partial charge in [0.15, 0.2) is 0 Å². The van der Waals surface area contributed by atoms with Crippen LogP contribution in [0.15, 0.2) is 49.2 Å². The largest absolute Gasteiger partial charge is 0.492 e. The molecule has 0 atom stereocenters. The van der Waals surface area contributed by atoms with Gasteiger partial charge in [-0.15, -0.1) is 0 Å². The van der Waals surface area contributed by atoms with Gasteiger partial charge in [-0.2, -0.15) is 9.78 Å². The van der Waals surface area contributed by atoms with Crippen molar-refractivity contribution in [2.75, 3.05) is 6.61 Å². The fourth-order valence-electron chi connectivity index (χ4n) is 2.79. The van der Waals surface area contributed by atoms with Gasteiger partial charge in [0.05, 0.1) is 28.2 Å². The average molecular weight is 528 g/mol. The molecule has 5 nitrogen and oxygen atoms in total. The lowest BCUT2D eigenvalue weighted by Crippen LogP contribution is -2.22. The smallest absolute Gasteiger partial charge is 0.282 e. The molecule has 0 aliphatic carbocycles. The van der Waals surface area contributed by atoms with Crippen LogP contribution in [-0.4, -0.2) is 22.5 Å². The molecule has 0 bridgehead atoms. The standard InChI is InChI=1S/C20H18Br2ClN3O2/c1-3-5-18-25-17-7-6-13(21)9-15(17)20(27)26(18)24-11-12-8-14(23)10-16(22)19(12)28-4-2/h6-11H,3-5H2,1-2H3. The lowest BCUT2D eigenvalue weighted by molar-refractivity contribution is 0.337. The first-order chi connectivity index (χ1) is 13.4. The fourth-order valence-corrected chi connectivity index (χ4v) is 4.10. The molecule has 0 radical (unpaired) electrons. The highest BCUT2D eigenvalue weighted by Crippen LogP contribution is 2.32. The number of aryl methyl sites for hydroxylation is 1. The molecular formula is C20H18Br2ClN3O2. The molecule has 0 fully saturated rings. The van der Waals surface area contributed by atoms with Crippen molar-refractivity contribution in [3.63, 3.8) is 0 Å². The second kappa shape index (κ2) is 9.20. The fraction of sp³-hybridized carbons (Fsp3) is 0.250. The number of nitrogens with zero attached hydrogens (tertiary/aromatic N) is 3. The first kappa shape index (κ1) is 21.0. The highest BCUT2D eigenvalue weighted by molar-refractivity contribution is 9.10. The third kappa shape index (κ3) is 4.47. The van der Waals surface area contributed by atoms with Crippen molar-refractivity contribution in [3.8, 4) is 5.75 Å². The van der Waals surface area contributed by atoms with Crippen LogP contribution in [0.25, 0.3) is 10.9 Å². The summed E-state index contributed by atoms with van der Waals surface area (Å²) in [4.78, 5) is 17.7. The van der Waals surface area contributed by atoms with E-state index in [1.807, 2.05) is 26.0 Å². The second-order valence-electron chi connectivity index (χ2n) is 6.04. The molecule has 1 aromatic heterocycles. The number of hydrogen-bond donors (Lipinski definition) is 0. The molecule has 28 heavy (non-hydrogen) atoms. The van der Waals surface area contributed by atoms with Gasteiger partial charge in [-0.1, -0.05) is 34.5 Å². The van der Waals surface area contributed by atoms with Crippen molar-refractivity contribution < 1.29 is 4.74 Å². The summed E-state index contributed by atoms with van der Waals surface area (Å²) in [5, 5.41) is 5.49. The molecule has 0 unspecified atom stereocenters. The van der Waals surface area contributed by atoms with Crippen molar-refractivity contribution in [2.45, 2.75) is 26.7 Å². The van der Waals surface area contributed by atoms with Crippen LogP contribution in [0.5, 0.6) is 5.75 Å². The van der Waals surface area contributed by atoms with Gasteiger partial charge in [0, 0.05) is 21.5 Å². The quantitative estimate of drug-likeness (QED) is 0.380. The zero-order valence-corrected chi connectivity index (χ0v) is 19.3. The Balaban J connectivity index is 2.17. The Morgan fingerprint density at radius 1 is 1.25 bits per heavy atom. The highest BCUT2D eigenvalue weighted by atomic mass is 79.9. The van der Waals surface area contributed by atoms with Gasteiger partial charge < -0.3 is 4.74 Å². The third-order valence-corrected chi connectivity index (χ3v) is 5.29. The molecule has 0 saturated carbocycles. The summed E-state index contributed by atoms with van der Waals surface area (Å²) in [6.45, 7) is 4.43. The van der Waals surface area contributed by atoms with Crippen LogP contribution < -0.4 is 10.3 Å². The van der Waals surface area contributed by atoms with E-state index in [0.29, 0.717) is 46.1 Å². The van der Waals surface area contributed by atoms with Crippen LogP contribution >= 0.6 is 43.5 Å². The van der Waals surface area contributed by atoms with Crippen molar-refractivity contribution in [1.29, 1.82) is 0 Å². The Morgan fingerprint density at radius 2 is 2.04 bits per heavy atom. The normalized spacial score (nSPS) is 11.5. The highest BCUT2D eigenvalue weighted by Gasteiger charge is 2.12. The maximum atomic E-state index is 13.1. The van der Waals surface area contributed by atoms with Gasteiger partial charge >= 0.3 is 0 Å². The van der Waals surface area contributed by atoms with Crippen LogP contribution in [0.3, 0.4) is 0 Å². The van der Waals surface area contributed by atoms with Crippen LogP contribution in [0.2, 0.25) is 5.02 Å². The SMILES string of the molecule is CCCc1nc2ccc(Br)cc2c(=O)n1N=Cc1cc(Cl)cc(Br)c1OCC. The molecule has 3 aromatic rings. The summed E-state index contributed by atoms with van der Waals surface area (Å²) in [6.07, 6.45) is 3.06. The Labute approximate surface area is 184 Å². The van der Waals surface area contributed by atoms with Gasteiger partial charge in [-0.05, 0) is 59.6 Å². The first-order valence-electron chi connectivity index (χ1n) is 8.82. The van der Waals surface area contributed by atoms with Crippen molar-refractivity contribution >= 4 is 60.6 Å². The van der Waals surface area contributed by atoms with E-state index in [9.17, 15) is 4.79 Å². The second-order valence-corrected chi connectivity index (χ2v) is 8.25. The van der Waals surface area contributed by atoms with Gasteiger partial charge in [-0.3, -0.25) is 4.79 Å². The Bertz CT molecular complexity index is 1110. The van der Waals surface area contributed by atoms with E-state index in [-0.39, 0.29) is 5.56 Å². The number of hydrogen-bond acceptors (Lipinski definition) is 4. The number of rotatable bonds is 6. The predicted molar refractivity (Wildman–Crippen MR) is 121 cm³/mol. The Hall–Kier alpha value is -1.70. The van der Waals surface area contributed by atoms with Crippen LogP contribution in [0.1, 0.15) is 31.7 Å². The van der Waals surface area contributed by atoms with Crippen molar-refractivity contribution in [1.82, 2.24) is 9.66 Å². The van der Waals surface area contributed by atoms with Crippen LogP contribution in [0.4, 0.5) is 0 Å². The first-order valence-corrected chi connectivity index (χ1v) is 10.8. The molecule has 0 aliphatic rings. The van der Waals surface area contributed by atoms with E-state index in [1.165, 1.54) is 4.68 Å². The molecule has 2 aromatic carbocycles. The molecule has 0 spiro atoms. The Kier molecular flexibility index (Phi) is 6.91. The van der Waals surface area contributed by atoms with E-state index >= 15 is 0 Å². The summed E-state index contributed by atoms with van der Waals surface area (Å²) in [5.41, 5.74) is 1.11. The molecular weight excluding hydrogens is 510 g/mol. The van der Waals surface area contributed by atoms with Crippen molar-refractivity contribution in [3.05, 3.63) is 66.0 Å². The molecule has 0 amide bonds. The number of ether oxygens (including phenoxy) is 1. The topological polar surface area (TPSA) is 56.5 Å². The lowest BCUT2D eigenvalue weighted by atomic mass is 10.2. The maximum Gasteiger partial charge on any atom is 0.282 e. The summed E-state index contributed by atoms with van der Waals surface area (Å²) in [7, 11) is 0. The van der Waals surface area contributed by atoms with Gasteiger partial charge in [0.1, 0.15) is 11.6 Å². The summed E-state index contributed by atoms with van der Waals surface area (Å²) >= 11 is 13.0. The van der Waals surface area contributed by atoms with Crippen LogP contribution in [-0.2, 0) is 6.42 Å². The number of aromatic nitrogens is 2. The zero-order valence-electron chi connectivity index (χ0n) is 15.4. The molecule has 146 valence electrons. The molecule has 8 heteroatoms. The molecule has 0 saturated heterocycles. The summed E-state index contributed by atoms with van der Waals surface area (Å²) in [5.74, 6) is 1.23. The van der Waals surface area contributed by atoms with Crippen molar-refractivity contribution in [2.24, 2.45) is 5.10 Å². The lowest BCUT2D eigenvalue weighted by Gasteiger charge is -2.11. The maximum absolute atomic E-state index is 13.1. The number of fused-ring (bicyclic) bond motifs is 1. The molecule has 3 rings (SSSR count). The van der Waals surface area contributed by atoms with E-state index < -0.39 is 0 Å². The van der Waals surface area contributed by atoms with Crippen LogP contribution in [0, 0.1) is 0 Å². The van der Waals surface area contributed by atoms with E-state index in [1.54, 1.807) is 24.4 Å². The van der Waals surface area contributed by atoms with E-state index in [4.69, 9.17) is 16.3 Å². The average Bonchev–Trinajstić information content (AvgIpc) is 2.65. The number of halogens is 3. The molecule has 1 heterocycles. The molecule has 0 N–H and O–H groups in total. The zero-order chi connectivity index (χ0) is 20.3. The van der Waals surface area contributed by atoms with Gasteiger partial charge in [0.2, 0.25) is 0 Å². The predicted octanol–water partition coefficient (Wildman–Crippen LogP) is 5.81. The molecule has 0 aliphatic heterocycles. The van der Waals surface area contributed by atoms with E-state index in [0.717, 1.165) is 15.4 Å². The number of benzene rings is 2. The van der Waals surface area contributed by atoms with Gasteiger partial charge in [-0.25, -0.2) is 4.98 Å². The summed E-state index contributed by atoms with van der Waals surface area (Å²) in [6, 6.07) is 8.96. The van der Waals surface area contributed by atoms with Gasteiger partial charge in [0.25, 0.3) is 5.56 Å².